The molecule has 1 aromatic rings. The third-order valence-electron chi connectivity index (χ3n) is 2.86. The van der Waals surface area contributed by atoms with Gasteiger partial charge in [0, 0.05) is 6.54 Å². The number of rotatable bonds is 9. The molecular weight excluding hydrogens is 268 g/mol. The standard InChI is InChI=1S/C16H24N2O3/c1-4-11-18-16(19)12(3)21-15-13(9-10-17)7-6-8-14(15)20-5-2/h4,6-8,12H,1,5,9-11,17H2,2-3H3,(H,18,19). The van der Waals surface area contributed by atoms with Gasteiger partial charge < -0.3 is 20.5 Å². The monoisotopic (exact) mass is 292 g/mol. The van der Waals surface area contributed by atoms with Crippen molar-refractivity contribution in [3.8, 4) is 11.5 Å². The van der Waals surface area contributed by atoms with Gasteiger partial charge in [-0.05, 0) is 38.4 Å². The van der Waals surface area contributed by atoms with Crippen LogP contribution in [0.15, 0.2) is 30.9 Å². The highest BCUT2D eigenvalue weighted by atomic mass is 16.5. The summed E-state index contributed by atoms with van der Waals surface area (Å²) >= 11 is 0. The molecule has 116 valence electrons. The summed E-state index contributed by atoms with van der Waals surface area (Å²) in [5, 5.41) is 2.71. The molecule has 0 aromatic heterocycles. The first-order valence-corrected chi connectivity index (χ1v) is 7.14. The lowest BCUT2D eigenvalue weighted by Gasteiger charge is -2.19. The van der Waals surface area contributed by atoms with Gasteiger partial charge in [0.25, 0.3) is 5.91 Å². The maximum Gasteiger partial charge on any atom is 0.261 e. The molecule has 0 aliphatic rings. The van der Waals surface area contributed by atoms with E-state index in [9.17, 15) is 4.79 Å². The molecule has 0 bridgehead atoms. The second-order valence-electron chi connectivity index (χ2n) is 4.51. The van der Waals surface area contributed by atoms with E-state index in [1.54, 1.807) is 13.0 Å². The smallest absolute Gasteiger partial charge is 0.261 e. The van der Waals surface area contributed by atoms with Crippen LogP contribution >= 0.6 is 0 Å². The fraction of sp³-hybridized carbons (Fsp3) is 0.438. The quantitative estimate of drug-likeness (QED) is 0.679. The molecule has 1 aromatic carbocycles. The van der Waals surface area contributed by atoms with Crippen molar-refractivity contribution in [1.82, 2.24) is 5.32 Å². The molecule has 0 heterocycles. The van der Waals surface area contributed by atoms with Crippen molar-refractivity contribution in [2.75, 3.05) is 19.7 Å². The van der Waals surface area contributed by atoms with E-state index in [0.717, 1.165) is 5.56 Å². The van der Waals surface area contributed by atoms with Crippen LogP contribution in [0.25, 0.3) is 0 Å². The molecule has 0 aliphatic heterocycles. The Kier molecular flexibility index (Phi) is 7.32. The first kappa shape index (κ1) is 17.0. The highest BCUT2D eigenvalue weighted by Gasteiger charge is 2.18. The molecule has 1 atom stereocenters. The second-order valence-corrected chi connectivity index (χ2v) is 4.51. The summed E-state index contributed by atoms with van der Waals surface area (Å²) in [6.45, 7) is 8.61. The number of nitrogens with one attached hydrogen (secondary N) is 1. The predicted octanol–water partition coefficient (Wildman–Crippen LogP) is 1.66. The lowest BCUT2D eigenvalue weighted by Crippen LogP contribution is -2.36. The minimum atomic E-state index is -0.622. The number of carbonyl (C=O) groups excluding carboxylic acids is 1. The van der Waals surface area contributed by atoms with Gasteiger partial charge in [-0.3, -0.25) is 4.79 Å². The Morgan fingerprint density at radius 2 is 2.29 bits per heavy atom. The molecular formula is C16H24N2O3. The minimum absolute atomic E-state index is 0.195. The average Bonchev–Trinajstić information content (AvgIpc) is 2.48. The van der Waals surface area contributed by atoms with Gasteiger partial charge in [0.05, 0.1) is 6.61 Å². The normalized spacial score (nSPS) is 11.6. The van der Waals surface area contributed by atoms with Crippen LogP contribution in [0.3, 0.4) is 0 Å². The molecule has 3 N–H and O–H groups in total. The van der Waals surface area contributed by atoms with Crippen molar-refractivity contribution in [3.05, 3.63) is 36.4 Å². The summed E-state index contributed by atoms with van der Waals surface area (Å²) in [4.78, 5) is 11.9. The van der Waals surface area contributed by atoms with Gasteiger partial charge in [0.15, 0.2) is 17.6 Å². The van der Waals surface area contributed by atoms with Crippen molar-refractivity contribution in [1.29, 1.82) is 0 Å². The molecule has 1 rings (SSSR count). The molecule has 1 unspecified atom stereocenters. The second kappa shape index (κ2) is 9.02. The van der Waals surface area contributed by atoms with E-state index in [1.807, 2.05) is 25.1 Å². The number of hydrogen-bond acceptors (Lipinski definition) is 4. The van der Waals surface area contributed by atoms with Gasteiger partial charge in [-0.15, -0.1) is 6.58 Å². The van der Waals surface area contributed by atoms with Crippen LogP contribution in [-0.4, -0.2) is 31.7 Å². The Labute approximate surface area is 126 Å². The fourth-order valence-corrected chi connectivity index (χ4v) is 1.86. The Morgan fingerprint density at radius 1 is 1.52 bits per heavy atom. The zero-order valence-corrected chi connectivity index (χ0v) is 12.7. The maximum absolute atomic E-state index is 11.9. The van der Waals surface area contributed by atoms with Gasteiger partial charge in [-0.2, -0.15) is 0 Å². The van der Waals surface area contributed by atoms with Crippen LogP contribution in [0.5, 0.6) is 11.5 Å². The Bertz CT molecular complexity index is 450. The first-order chi connectivity index (χ1) is 10.1. The fourth-order valence-electron chi connectivity index (χ4n) is 1.86. The molecule has 0 radical (unpaired) electrons. The van der Waals surface area contributed by atoms with Crippen molar-refractivity contribution in [2.45, 2.75) is 26.4 Å². The van der Waals surface area contributed by atoms with E-state index < -0.39 is 6.10 Å². The lowest BCUT2D eigenvalue weighted by atomic mass is 10.1. The van der Waals surface area contributed by atoms with E-state index in [1.165, 1.54) is 0 Å². The summed E-state index contributed by atoms with van der Waals surface area (Å²) in [7, 11) is 0. The van der Waals surface area contributed by atoms with E-state index in [2.05, 4.69) is 11.9 Å². The molecule has 0 fully saturated rings. The minimum Gasteiger partial charge on any atom is -0.490 e. The van der Waals surface area contributed by atoms with Gasteiger partial charge in [0.1, 0.15) is 0 Å². The molecule has 1 amide bonds. The number of benzene rings is 1. The number of nitrogens with two attached hydrogens (primary N) is 1. The zero-order chi connectivity index (χ0) is 15.7. The highest BCUT2D eigenvalue weighted by Crippen LogP contribution is 2.32. The van der Waals surface area contributed by atoms with Crippen molar-refractivity contribution in [3.63, 3.8) is 0 Å². The summed E-state index contributed by atoms with van der Waals surface area (Å²) in [5.74, 6) is 1.03. The predicted molar refractivity (Wildman–Crippen MR) is 83.7 cm³/mol. The first-order valence-electron chi connectivity index (χ1n) is 7.14. The van der Waals surface area contributed by atoms with Gasteiger partial charge in [-0.25, -0.2) is 0 Å². The zero-order valence-electron chi connectivity index (χ0n) is 12.7. The summed E-state index contributed by atoms with van der Waals surface area (Å²) in [6, 6.07) is 5.65. The van der Waals surface area contributed by atoms with Crippen LogP contribution in [0.4, 0.5) is 0 Å². The molecule has 5 heteroatoms. The Morgan fingerprint density at radius 3 is 2.90 bits per heavy atom. The van der Waals surface area contributed by atoms with Crippen LogP contribution in [0.2, 0.25) is 0 Å². The lowest BCUT2D eigenvalue weighted by molar-refractivity contribution is -0.127. The number of carbonyl (C=O) groups is 1. The van der Waals surface area contributed by atoms with Crippen LogP contribution in [0, 0.1) is 0 Å². The van der Waals surface area contributed by atoms with Gasteiger partial charge in [0.2, 0.25) is 0 Å². The van der Waals surface area contributed by atoms with E-state index >= 15 is 0 Å². The SMILES string of the molecule is C=CCNC(=O)C(C)Oc1c(CCN)cccc1OCC. The number of hydrogen-bond donors (Lipinski definition) is 2. The Balaban J connectivity index is 2.92. The summed E-state index contributed by atoms with van der Waals surface area (Å²) in [6.07, 6.45) is 1.67. The topological polar surface area (TPSA) is 73.6 Å². The molecule has 21 heavy (non-hydrogen) atoms. The number of para-hydroxylation sites is 1. The Hall–Kier alpha value is -2.01. The molecule has 0 saturated heterocycles. The molecule has 0 saturated carbocycles. The highest BCUT2D eigenvalue weighted by molar-refractivity contribution is 5.81. The number of amides is 1. The maximum atomic E-state index is 11.9. The summed E-state index contributed by atoms with van der Waals surface area (Å²) < 4.78 is 11.4. The van der Waals surface area contributed by atoms with Crippen molar-refractivity contribution < 1.29 is 14.3 Å². The van der Waals surface area contributed by atoms with Gasteiger partial charge in [-0.1, -0.05) is 18.2 Å². The molecule has 5 nitrogen and oxygen atoms in total. The third kappa shape index (κ3) is 5.11. The van der Waals surface area contributed by atoms with E-state index in [4.69, 9.17) is 15.2 Å². The molecule has 0 aliphatic carbocycles. The van der Waals surface area contributed by atoms with Crippen LogP contribution in [0.1, 0.15) is 19.4 Å². The van der Waals surface area contributed by atoms with Crippen LogP contribution < -0.4 is 20.5 Å². The average molecular weight is 292 g/mol. The van der Waals surface area contributed by atoms with E-state index in [-0.39, 0.29) is 5.91 Å². The third-order valence-corrected chi connectivity index (χ3v) is 2.86. The van der Waals surface area contributed by atoms with Crippen molar-refractivity contribution in [2.24, 2.45) is 5.73 Å². The van der Waals surface area contributed by atoms with Gasteiger partial charge >= 0.3 is 0 Å². The number of ether oxygens (including phenoxy) is 2. The summed E-state index contributed by atoms with van der Waals surface area (Å²) in [5.41, 5.74) is 6.56. The largest absolute Gasteiger partial charge is 0.490 e. The molecule has 0 spiro atoms. The van der Waals surface area contributed by atoms with Crippen LogP contribution in [-0.2, 0) is 11.2 Å². The van der Waals surface area contributed by atoms with Crippen molar-refractivity contribution >= 4 is 5.91 Å². The van der Waals surface area contributed by atoms with E-state index in [0.29, 0.717) is 37.6 Å².